The molecule has 0 saturated carbocycles. The zero-order chi connectivity index (χ0) is 24.2. The fourth-order valence-corrected chi connectivity index (χ4v) is 4.14. The smallest absolute Gasteiger partial charge is 0.412 e. The summed E-state index contributed by atoms with van der Waals surface area (Å²) in [4.78, 5) is 41.7. The molecule has 1 aromatic heterocycles. The number of carbonyl (C=O) groups excluding carboxylic acids is 2. The van der Waals surface area contributed by atoms with Gasteiger partial charge in [0.1, 0.15) is 24.7 Å². The van der Waals surface area contributed by atoms with Crippen molar-refractivity contribution in [1.82, 2.24) is 9.88 Å². The Bertz CT molecular complexity index is 1190. The van der Waals surface area contributed by atoms with Crippen LogP contribution in [-0.2, 0) is 9.53 Å². The number of aliphatic carboxylic acids is 1. The van der Waals surface area contributed by atoms with Crippen LogP contribution in [0.1, 0.15) is 41.4 Å². The molecule has 0 bridgehead atoms. The number of hydrogen-bond acceptors (Lipinski definition) is 5. The first-order valence-electron chi connectivity index (χ1n) is 11.0. The van der Waals surface area contributed by atoms with Crippen molar-refractivity contribution in [3.63, 3.8) is 0 Å². The van der Waals surface area contributed by atoms with Crippen LogP contribution in [0, 0.1) is 0 Å². The van der Waals surface area contributed by atoms with Gasteiger partial charge >= 0.3 is 12.1 Å². The zero-order valence-electron chi connectivity index (χ0n) is 18.9. The molecule has 1 aliphatic carbocycles. The van der Waals surface area contributed by atoms with Gasteiger partial charge in [-0.1, -0.05) is 54.6 Å². The summed E-state index contributed by atoms with van der Waals surface area (Å²) in [5.74, 6) is -1.58. The third-order valence-electron chi connectivity index (χ3n) is 5.73. The molecule has 3 aromatic rings. The number of fused-ring (bicyclic) bond motifs is 3. The molecule has 0 atom stereocenters. The van der Waals surface area contributed by atoms with Crippen LogP contribution in [0.3, 0.4) is 0 Å². The molecule has 2 amide bonds. The van der Waals surface area contributed by atoms with Crippen LogP contribution < -0.4 is 5.32 Å². The zero-order valence-corrected chi connectivity index (χ0v) is 18.9. The minimum Gasteiger partial charge on any atom is -0.480 e. The van der Waals surface area contributed by atoms with Gasteiger partial charge in [0.25, 0.3) is 5.91 Å². The summed E-state index contributed by atoms with van der Waals surface area (Å²) in [5, 5.41) is 11.6. The van der Waals surface area contributed by atoms with E-state index in [0.717, 1.165) is 22.3 Å². The van der Waals surface area contributed by atoms with Crippen molar-refractivity contribution >= 4 is 23.8 Å². The predicted molar refractivity (Wildman–Crippen MR) is 127 cm³/mol. The molecule has 8 heteroatoms. The van der Waals surface area contributed by atoms with Crippen molar-refractivity contribution in [1.29, 1.82) is 0 Å². The van der Waals surface area contributed by atoms with E-state index in [4.69, 9.17) is 9.84 Å². The third-order valence-corrected chi connectivity index (χ3v) is 5.73. The summed E-state index contributed by atoms with van der Waals surface area (Å²) in [7, 11) is 0. The molecule has 0 fully saturated rings. The monoisotopic (exact) mass is 459 g/mol. The number of pyridine rings is 1. The Morgan fingerprint density at radius 3 is 2.18 bits per heavy atom. The lowest BCUT2D eigenvalue weighted by atomic mass is 9.98. The number of anilines is 1. The highest BCUT2D eigenvalue weighted by molar-refractivity contribution is 5.95. The summed E-state index contributed by atoms with van der Waals surface area (Å²) in [6, 6.07) is 20.4. The molecule has 2 aromatic carbocycles. The van der Waals surface area contributed by atoms with Gasteiger partial charge in [-0.3, -0.25) is 14.9 Å². The van der Waals surface area contributed by atoms with Gasteiger partial charge in [0.2, 0.25) is 0 Å². The molecule has 0 saturated heterocycles. The number of nitrogens with one attached hydrogen (secondary N) is 1. The van der Waals surface area contributed by atoms with Crippen LogP contribution in [0.2, 0.25) is 0 Å². The van der Waals surface area contributed by atoms with Crippen molar-refractivity contribution in [2.24, 2.45) is 0 Å². The van der Waals surface area contributed by atoms with Crippen molar-refractivity contribution in [3.05, 3.63) is 83.6 Å². The highest BCUT2D eigenvalue weighted by Gasteiger charge is 2.29. The third kappa shape index (κ3) is 4.76. The average molecular weight is 460 g/mol. The fourth-order valence-electron chi connectivity index (χ4n) is 4.14. The van der Waals surface area contributed by atoms with Crippen LogP contribution in [-0.4, -0.2) is 52.2 Å². The molecule has 4 rings (SSSR count). The Balaban J connectivity index is 1.44. The van der Waals surface area contributed by atoms with Gasteiger partial charge < -0.3 is 14.7 Å². The maximum Gasteiger partial charge on any atom is 0.412 e. The summed E-state index contributed by atoms with van der Waals surface area (Å²) in [5.41, 5.74) is 4.52. The number of carboxylic acids is 1. The number of amides is 2. The molecule has 0 unspecified atom stereocenters. The van der Waals surface area contributed by atoms with E-state index in [1.54, 1.807) is 19.9 Å². The predicted octanol–water partition coefficient (Wildman–Crippen LogP) is 4.38. The number of aromatic nitrogens is 1. The van der Waals surface area contributed by atoms with Crippen molar-refractivity contribution in [2.75, 3.05) is 18.5 Å². The SMILES string of the molecule is CC(C)N(CC(=O)O)C(=O)c1cccc(NC(=O)OCC2c3ccccc3-c3ccccc32)n1. The highest BCUT2D eigenvalue weighted by atomic mass is 16.5. The molecule has 34 heavy (non-hydrogen) atoms. The number of hydrogen-bond donors (Lipinski definition) is 2. The Morgan fingerprint density at radius 1 is 0.971 bits per heavy atom. The van der Waals surface area contributed by atoms with E-state index in [1.165, 1.54) is 17.0 Å². The topological polar surface area (TPSA) is 109 Å². The van der Waals surface area contributed by atoms with E-state index in [2.05, 4.69) is 22.4 Å². The van der Waals surface area contributed by atoms with Crippen molar-refractivity contribution < 1.29 is 24.2 Å². The number of benzene rings is 2. The first-order chi connectivity index (χ1) is 16.3. The summed E-state index contributed by atoms with van der Waals surface area (Å²) in [6.45, 7) is 3.15. The van der Waals surface area contributed by atoms with Crippen LogP contribution >= 0.6 is 0 Å². The largest absolute Gasteiger partial charge is 0.480 e. The second-order valence-corrected chi connectivity index (χ2v) is 8.28. The maximum atomic E-state index is 12.7. The molecule has 2 N–H and O–H groups in total. The maximum absolute atomic E-state index is 12.7. The van der Waals surface area contributed by atoms with Crippen LogP contribution in [0.4, 0.5) is 10.6 Å². The molecule has 1 aliphatic rings. The number of carboxylic acid groups (broad SMARTS) is 1. The molecule has 0 spiro atoms. The number of nitrogens with zero attached hydrogens (tertiary/aromatic N) is 2. The van der Waals surface area contributed by atoms with Gasteiger partial charge in [0.15, 0.2) is 0 Å². The highest BCUT2D eigenvalue weighted by Crippen LogP contribution is 2.44. The molecular weight excluding hydrogens is 434 g/mol. The second kappa shape index (κ2) is 9.74. The van der Waals surface area contributed by atoms with E-state index in [1.807, 2.05) is 36.4 Å². The van der Waals surface area contributed by atoms with Gasteiger partial charge in [-0.05, 0) is 48.2 Å². The Labute approximate surface area is 197 Å². The first-order valence-corrected chi connectivity index (χ1v) is 11.0. The Kier molecular flexibility index (Phi) is 6.58. The van der Waals surface area contributed by atoms with Gasteiger partial charge in [0, 0.05) is 12.0 Å². The molecule has 0 aliphatic heterocycles. The van der Waals surface area contributed by atoms with Crippen molar-refractivity contribution in [2.45, 2.75) is 25.8 Å². The van der Waals surface area contributed by atoms with Gasteiger partial charge in [-0.25, -0.2) is 9.78 Å². The van der Waals surface area contributed by atoms with Crippen molar-refractivity contribution in [3.8, 4) is 11.1 Å². The minimum atomic E-state index is -1.12. The van der Waals surface area contributed by atoms with E-state index < -0.39 is 24.5 Å². The second-order valence-electron chi connectivity index (χ2n) is 8.28. The normalized spacial score (nSPS) is 12.1. The fraction of sp³-hybridized carbons (Fsp3) is 0.231. The number of rotatable bonds is 7. The minimum absolute atomic E-state index is 0.0337. The van der Waals surface area contributed by atoms with Crippen LogP contribution in [0.15, 0.2) is 66.7 Å². The number of carbonyl (C=O) groups is 3. The van der Waals surface area contributed by atoms with Crippen LogP contribution in [0.25, 0.3) is 11.1 Å². The Morgan fingerprint density at radius 2 is 1.59 bits per heavy atom. The molecule has 8 nitrogen and oxygen atoms in total. The number of ether oxygens (including phenoxy) is 1. The molecular formula is C26H25N3O5. The van der Waals surface area contributed by atoms with E-state index in [0.29, 0.717) is 0 Å². The lowest BCUT2D eigenvalue weighted by Gasteiger charge is -2.24. The Hall–Kier alpha value is -4.20. The summed E-state index contributed by atoms with van der Waals surface area (Å²) < 4.78 is 5.52. The van der Waals surface area contributed by atoms with E-state index in [-0.39, 0.29) is 30.1 Å². The lowest BCUT2D eigenvalue weighted by molar-refractivity contribution is -0.138. The quantitative estimate of drug-likeness (QED) is 0.543. The van der Waals surface area contributed by atoms with Gasteiger partial charge in [-0.15, -0.1) is 0 Å². The summed E-state index contributed by atoms with van der Waals surface area (Å²) >= 11 is 0. The van der Waals surface area contributed by atoms with E-state index in [9.17, 15) is 14.4 Å². The van der Waals surface area contributed by atoms with E-state index >= 15 is 0 Å². The molecule has 174 valence electrons. The molecule has 0 radical (unpaired) electrons. The standard InChI is InChI=1S/C26H25N3O5/c1-16(2)29(14-24(30)31)25(32)22-12-7-13-23(27-22)28-26(33)34-15-21-19-10-5-3-8-17(19)18-9-4-6-11-20(18)21/h3-13,16,21H,14-15H2,1-2H3,(H,30,31)(H,27,28,33). The van der Waals surface area contributed by atoms with Gasteiger partial charge in [-0.2, -0.15) is 0 Å². The van der Waals surface area contributed by atoms with Crippen LogP contribution in [0.5, 0.6) is 0 Å². The lowest BCUT2D eigenvalue weighted by Crippen LogP contribution is -2.41. The average Bonchev–Trinajstić information content (AvgIpc) is 3.14. The first kappa shape index (κ1) is 23.0. The van der Waals surface area contributed by atoms with Gasteiger partial charge in [0.05, 0.1) is 0 Å². The summed E-state index contributed by atoms with van der Waals surface area (Å²) in [6.07, 6.45) is -0.690. The molecule has 1 heterocycles.